The van der Waals surface area contributed by atoms with Crippen LogP contribution in [0.4, 0.5) is 0 Å². The van der Waals surface area contributed by atoms with Crippen molar-refractivity contribution in [1.29, 1.82) is 0 Å². The van der Waals surface area contributed by atoms with Gasteiger partial charge < -0.3 is 14.5 Å². The number of ether oxygens (including phenoxy) is 1. The highest BCUT2D eigenvalue weighted by molar-refractivity contribution is 5.82. The van der Waals surface area contributed by atoms with Gasteiger partial charge in [-0.15, -0.1) is 0 Å². The third-order valence-corrected chi connectivity index (χ3v) is 5.78. The van der Waals surface area contributed by atoms with Crippen LogP contribution < -0.4 is 4.90 Å². The molecule has 4 heteroatoms. The van der Waals surface area contributed by atoms with Gasteiger partial charge in [0.1, 0.15) is 0 Å². The molecule has 0 radical (unpaired) electrons. The number of benzene rings is 1. The monoisotopic (exact) mass is 357 g/mol. The fraction of sp³-hybridized carbons (Fsp3) is 0.591. The lowest BCUT2D eigenvalue weighted by atomic mass is 9.93. The van der Waals surface area contributed by atoms with Crippen molar-refractivity contribution >= 4 is 5.91 Å². The van der Waals surface area contributed by atoms with E-state index in [0.717, 1.165) is 38.0 Å². The van der Waals surface area contributed by atoms with Crippen LogP contribution in [-0.4, -0.2) is 50.6 Å². The fourth-order valence-corrected chi connectivity index (χ4v) is 4.22. The van der Waals surface area contributed by atoms with Gasteiger partial charge in [0.25, 0.3) is 5.91 Å². The van der Waals surface area contributed by atoms with Crippen molar-refractivity contribution in [1.82, 2.24) is 4.90 Å². The standard InChI is InChI=1S/C22H32N2O2/c1-26-21(20-12-6-3-7-13-20)22(25)24(17-16-23-14-8-9-15-23)18-19-10-4-2-5-11-19/h2-4,6-7,12-13,19,21H,5,8-11,14-18H2,1H3/p+1/t19-,21+/m0/s1. The molecule has 3 rings (SSSR count). The Labute approximate surface area is 157 Å². The molecule has 142 valence electrons. The number of nitrogens with zero attached hydrogens (tertiary/aromatic N) is 1. The van der Waals surface area contributed by atoms with Crippen LogP contribution in [0.1, 0.15) is 43.8 Å². The lowest BCUT2D eigenvalue weighted by Gasteiger charge is -2.31. The third kappa shape index (κ3) is 5.18. The van der Waals surface area contributed by atoms with E-state index in [0.29, 0.717) is 5.92 Å². The number of hydrogen-bond acceptors (Lipinski definition) is 2. The molecule has 26 heavy (non-hydrogen) atoms. The van der Waals surface area contributed by atoms with E-state index in [-0.39, 0.29) is 5.91 Å². The molecule has 1 fully saturated rings. The van der Waals surface area contributed by atoms with Crippen molar-refractivity contribution in [3.05, 3.63) is 48.0 Å². The van der Waals surface area contributed by atoms with E-state index in [1.54, 1.807) is 12.0 Å². The molecule has 2 atom stereocenters. The molecule has 1 N–H and O–H groups in total. The Kier molecular flexibility index (Phi) is 7.27. The number of allylic oxidation sites excluding steroid dienone is 2. The Hall–Kier alpha value is -1.65. The van der Waals surface area contributed by atoms with Crippen LogP contribution >= 0.6 is 0 Å². The van der Waals surface area contributed by atoms with Crippen molar-refractivity contribution in [3.63, 3.8) is 0 Å². The van der Waals surface area contributed by atoms with Crippen molar-refractivity contribution in [2.45, 2.75) is 38.2 Å². The maximum Gasteiger partial charge on any atom is 0.256 e. The molecule has 1 saturated heterocycles. The first-order chi connectivity index (χ1) is 12.8. The molecule has 1 amide bonds. The summed E-state index contributed by atoms with van der Waals surface area (Å²) in [5, 5.41) is 0. The van der Waals surface area contributed by atoms with Gasteiger partial charge in [-0.05, 0) is 30.7 Å². The van der Waals surface area contributed by atoms with Crippen LogP contribution in [0.5, 0.6) is 0 Å². The van der Waals surface area contributed by atoms with Gasteiger partial charge in [0.05, 0.1) is 26.2 Å². The van der Waals surface area contributed by atoms with Gasteiger partial charge in [0.2, 0.25) is 0 Å². The van der Waals surface area contributed by atoms with E-state index in [1.165, 1.54) is 32.4 Å². The highest BCUT2D eigenvalue weighted by Gasteiger charge is 2.29. The minimum atomic E-state index is -0.496. The van der Waals surface area contributed by atoms with Crippen molar-refractivity contribution in [3.8, 4) is 0 Å². The number of rotatable bonds is 8. The minimum Gasteiger partial charge on any atom is -0.367 e. The molecule has 1 aliphatic heterocycles. The van der Waals surface area contributed by atoms with E-state index >= 15 is 0 Å². The number of hydrogen-bond donors (Lipinski definition) is 1. The molecule has 0 unspecified atom stereocenters. The van der Waals surface area contributed by atoms with Gasteiger partial charge in [-0.3, -0.25) is 4.79 Å². The molecule has 0 bridgehead atoms. The van der Waals surface area contributed by atoms with Crippen molar-refractivity contribution < 1.29 is 14.4 Å². The molecular weight excluding hydrogens is 324 g/mol. The second-order valence-corrected chi connectivity index (χ2v) is 7.67. The zero-order valence-corrected chi connectivity index (χ0v) is 16.0. The molecule has 0 saturated carbocycles. The summed E-state index contributed by atoms with van der Waals surface area (Å²) in [5.74, 6) is 0.692. The molecule has 2 aliphatic rings. The van der Waals surface area contributed by atoms with Gasteiger partial charge in [-0.1, -0.05) is 42.5 Å². The number of likely N-dealkylation sites (tertiary alicyclic amines) is 1. The van der Waals surface area contributed by atoms with Gasteiger partial charge in [-0.2, -0.15) is 0 Å². The fourth-order valence-electron chi connectivity index (χ4n) is 4.22. The molecule has 0 spiro atoms. The Balaban J connectivity index is 1.68. The summed E-state index contributed by atoms with van der Waals surface area (Å²) in [6.45, 7) is 5.24. The molecule has 4 nitrogen and oxygen atoms in total. The zero-order chi connectivity index (χ0) is 18.2. The maximum absolute atomic E-state index is 13.3. The second kappa shape index (κ2) is 9.89. The van der Waals surface area contributed by atoms with Crippen molar-refractivity contribution in [2.24, 2.45) is 5.92 Å². The number of quaternary nitrogens is 1. The Morgan fingerprint density at radius 3 is 2.65 bits per heavy atom. The number of carbonyl (C=O) groups is 1. The average Bonchev–Trinajstić information content (AvgIpc) is 3.21. The van der Waals surface area contributed by atoms with E-state index in [1.807, 2.05) is 30.3 Å². The van der Waals surface area contributed by atoms with Crippen LogP contribution in [0.2, 0.25) is 0 Å². The zero-order valence-electron chi connectivity index (χ0n) is 16.0. The first kappa shape index (κ1) is 19.1. The maximum atomic E-state index is 13.3. The largest absolute Gasteiger partial charge is 0.367 e. The van der Waals surface area contributed by atoms with Gasteiger partial charge in [0, 0.05) is 26.5 Å². The van der Waals surface area contributed by atoms with E-state index in [9.17, 15) is 4.79 Å². The summed E-state index contributed by atoms with van der Waals surface area (Å²) < 4.78 is 5.63. The van der Waals surface area contributed by atoms with Crippen LogP contribution in [0, 0.1) is 5.92 Å². The first-order valence-corrected chi connectivity index (χ1v) is 10.1. The summed E-state index contributed by atoms with van der Waals surface area (Å²) in [7, 11) is 1.64. The first-order valence-electron chi connectivity index (χ1n) is 10.1. The Morgan fingerprint density at radius 2 is 2.00 bits per heavy atom. The average molecular weight is 358 g/mol. The van der Waals surface area contributed by atoms with Gasteiger partial charge in [-0.25, -0.2) is 0 Å². The predicted molar refractivity (Wildman–Crippen MR) is 104 cm³/mol. The predicted octanol–water partition coefficient (Wildman–Crippen LogP) is 2.24. The lowest BCUT2D eigenvalue weighted by molar-refractivity contribution is -0.886. The summed E-state index contributed by atoms with van der Waals surface area (Å²) in [6, 6.07) is 9.89. The van der Waals surface area contributed by atoms with Crippen molar-refractivity contribution in [2.75, 3.05) is 39.8 Å². The van der Waals surface area contributed by atoms with Crippen LogP contribution in [0.3, 0.4) is 0 Å². The van der Waals surface area contributed by atoms with Crippen LogP contribution in [-0.2, 0) is 9.53 Å². The van der Waals surface area contributed by atoms with Gasteiger partial charge >= 0.3 is 0 Å². The highest BCUT2D eigenvalue weighted by Crippen LogP contribution is 2.23. The topological polar surface area (TPSA) is 34.0 Å². The minimum absolute atomic E-state index is 0.117. The van der Waals surface area contributed by atoms with Gasteiger partial charge in [0.15, 0.2) is 6.10 Å². The highest BCUT2D eigenvalue weighted by atomic mass is 16.5. The van der Waals surface area contributed by atoms with E-state index in [4.69, 9.17) is 4.74 Å². The van der Waals surface area contributed by atoms with E-state index in [2.05, 4.69) is 17.1 Å². The summed E-state index contributed by atoms with van der Waals surface area (Å²) in [6.07, 6.45) is 10.1. The summed E-state index contributed by atoms with van der Waals surface area (Å²) in [5.41, 5.74) is 0.946. The molecule has 1 aromatic rings. The SMILES string of the molecule is CO[C@@H](C(=O)N(CC[NH+]1CCCC1)C[C@H]1CC=CCC1)c1ccccc1. The molecule has 1 aromatic carbocycles. The molecular formula is C22H33N2O2+. The molecule has 1 aliphatic carbocycles. The lowest BCUT2D eigenvalue weighted by Crippen LogP contribution is -3.10. The Bertz CT molecular complexity index is 581. The Morgan fingerprint density at radius 1 is 1.23 bits per heavy atom. The normalized spacial score (nSPS) is 21.7. The van der Waals surface area contributed by atoms with Crippen LogP contribution in [0.15, 0.2) is 42.5 Å². The summed E-state index contributed by atoms with van der Waals surface area (Å²) in [4.78, 5) is 17.0. The smallest absolute Gasteiger partial charge is 0.256 e. The molecule has 0 aromatic heterocycles. The van der Waals surface area contributed by atoms with E-state index < -0.39 is 6.10 Å². The summed E-state index contributed by atoms with van der Waals surface area (Å²) >= 11 is 0. The van der Waals surface area contributed by atoms with Crippen LogP contribution in [0.25, 0.3) is 0 Å². The quantitative estimate of drug-likeness (QED) is 0.724. The number of carbonyl (C=O) groups excluding carboxylic acids is 1. The molecule has 1 heterocycles. The number of nitrogens with one attached hydrogen (secondary N) is 1. The number of methoxy groups -OCH3 is 1. The number of amides is 1. The second-order valence-electron chi connectivity index (χ2n) is 7.67. The third-order valence-electron chi connectivity index (χ3n) is 5.78.